The minimum absolute atomic E-state index is 0.672. The Labute approximate surface area is 191 Å². The third kappa shape index (κ3) is 3.59. The summed E-state index contributed by atoms with van der Waals surface area (Å²) < 4.78 is 10.9. The number of rotatable bonds is 5. The number of fused-ring (bicyclic) bond motifs is 1. The molecule has 0 aliphatic rings. The number of hydrogen-bond acceptors (Lipinski definition) is 3. The first-order valence-electron chi connectivity index (χ1n) is 10.2. The molecule has 32 heavy (non-hydrogen) atoms. The molecular weight excluding hydrogens is 420 g/mol. The second-order valence-electron chi connectivity index (χ2n) is 7.42. The van der Waals surface area contributed by atoms with E-state index in [-0.39, 0.29) is 0 Å². The molecule has 5 rings (SSSR count). The molecule has 5 aromatic rings. The van der Waals surface area contributed by atoms with E-state index in [1.54, 1.807) is 14.2 Å². The SMILES string of the molecule is COc1cccc(-c2nc(-c3ccc4ccccc4c3Cl)[nH]c2-c2cccc(OC)c2)c1. The molecule has 0 aliphatic carbocycles. The van der Waals surface area contributed by atoms with Crippen LogP contribution in [0.4, 0.5) is 0 Å². The highest BCUT2D eigenvalue weighted by molar-refractivity contribution is 6.38. The number of H-pyrrole nitrogens is 1. The van der Waals surface area contributed by atoms with Crippen molar-refractivity contribution in [2.24, 2.45) is 0 Å². The number of benzene rings is 4. The maximum atomic E-state index is 6.83. The van der Waals surface area contributed by atoms with Crippen LogP contribution in [0.5, 0.6) is 11.5 Å². The van der Waals surface area contributed by atoms with Gasteiger partial charge in [-0.1, -0.05) is 66.2 Å². The first-order valence-corrected chi connectivity index (χ1v) is 10.6. The number of halogens is 1. The van der Waals surface area contributed by atoms with Gasteiger partial charge in [-0.05, 0) is 35.7 Å². The van der Waals surface area contributed by atoms with Crippen LogP contribution in [0.3, 0.4) is 0 Å². The number of aromatic nitrogens is 2. The van der Waals surface area contributed by atoms with Crippen molar-refractivity contribution in [2.45, 2.75) is 0 Å². The summed E-state index contributed by atoms with van der Waals surface area (Å²) in [4.78, 5) is 8.50. The summed E-state index contributed by atoms with van der Waals surface area (Å²) in [6.45, 7) is 0. The number of methoxy groups -OCH3 is 2. The second kappa shape index (κ2) is 8.40. The van der Waals surface area contributed by atoms with Crippen molar-refractivity contribution in [3.05, 3.63) is 90.0 Å². The first kappa shape index (κ1) is 20.2. The maximum Gasteiger partial charge on any atom is 0.140 e. The molecule has 158 valence electrons. The molecule has 0 fully saturated rings. The smallest absolute Gasteiger partial charge is 0.140 e. The molecule has 5 heteroatoms. The van der Waals surface area contributed by atoms with Crippen molar-refractivity contribution in [1.29, 1.82) is 0 Å². The van der Waals surface area contributed by atoms with Crippen molar-refractivity contribution < 1.29 is 9.47 Å². The van der Waals surface area contributed by atoms with E-state index in [4.69, 9.17) is 26.1 Å². The molecule has 0 saturated carbocycles. The van der Waals surface area contributed by atoms with E-state index >= 15 is 0 Å². The fourth-order valence-corrected chi connectivity index (χ4v) is 4.21. The summed E-state index contributed by atoms with van der Waals surface area (Å²) in [5.41, 5.74) is 4.47. The maximum absolute atomic E-state index is 6.83. The molecule has 0 amide bonds. The number of aromatic amines is 1. The molecule has 0 aliphatic heterocycles. The van der Waals surface area contributed by atoms with Crippen LogP contribution in [-0.2, 0) is 0 Å². The van der Waals surface area contributed by atoms with E-state index in [0.717, 1.165) is 50.3 Å². The highest BCUT2D eigenvalue weighted by Crippen LogP contribution is 2.38. The van der Waals surface area contributed by atoms with Gasteiger partial charge in [-0.25, -0.2) is 4.98 Å². The van der Waals surface area contributed by atoms with E-state index < -0.39 is 0 Å². The Balaban J connectivity index is 1.73. The summed E-state index contributed by atoms with van der Waals surface area (Å²) in [5, 5.41) is 2.76. The zero-order valence-electron chi connectivity index (χ0n) is 17.7. The summed E-state index contributed by atoms with van der Waals surface area (Å²) in [5.74, 6) is 2.25. The van der Waals surface area contributed by atoms with Crippen LogP contribution < -0.4 is 9.47 Å². The lowest BCUT2D eigenvalue weighted by Crippen LogP contribution is -1.88. The molecule has 0 spiro atoms. The lowest BCUT2D eigenvalue weighted by atomic mass is 10.0. The average molecular weight is 441 g/mol. The van der Waals surface area contributed by atoms with Gasteiger partial charge in [-0.2, -0.15) is 0 Å². The van der Waals surface area contributed by atoms with Crippen LogP contribution in [0.15, 0.2) is 84.9 Å². The number of ether oxygens (including phenoxy) is 2. The van der Waals surface area contributed by atoms with Crippen LogP contribution in [0.1, 0.15) is 0 Å². The second-order valence-corrected chi connectivity index (χ2v) is 7.80. The quantitative estimate of drug-likeness (QED) is 0.313. The minimum Gasteiger partial charge on any atom is -0.497 e. The van der Waals surface area contributed by atoms with Crippen LogP contribution in [0.2, 0.25) is 5.02 Å². The van der Waals surface area contributed by atoms with Crippen LogP contribution in [0, 0.1) is 0 Å². The van der Waals surface area contributed by atoms with E-state index in [2.05, 4.69) is 17.1 Å². The van der Waals surface area contributed by atoms with Gasteiger partial charge in [0.15, 0.2) is 0 Å². The molecule has 0 bridgehead atoms. The predicted molar refractivity (Wildman–Crippen MR) is 131 cm³/mol. The molecular formula is C27H21ClN2O2. The van der Waals surface area contributed by atoms with Gasteiger partial charge in [0.2, 0.25) is 0 Å². The van der Waals surface area contributed by atoms with Gasteiger partial charge in [0.05, 0.1) is 30.6 Å². The molecule has 0 saturated heterocycles. The highest BCUT2D eigenvalue weighted by Gasteiger charge is 2.18. The van der Waals surface area contributed by atoms with Crippen molar-refractivity contribution in [3.8, 4) is 45.4 Å². The van der Waals surface area contributed by atoms with Crippen molar-refractivity contribution in [3.63, 3.8) is 0 Å². The van der Waals surface area contributed by atoms with Crippen LogP contribution in [-0.4, -0.2) is 24.2 Å². The van der Waals surface area contributed by atoms with E-state index in [0.29, 0.717) is 10.8 Å². The van der Waals surface area contributed by atoms with Crippen molar-refractivity contribution in [2.75, 3.05) is 14.2 Å². The summed E-state index contributed by atoms with van der Waals surface area (Å²) in [6.07, 6.45) is 0. The standard InChI is InChI=1S/C27H21ClN2O2/c1-31-20-10-5-8-18(15-20)25-26(19-9-6-11-21(16-19)32-2)30-27(29-25)23-14-13-17-7-3-4-12-22(17)24(23)28/h3-16H,1-2H3,(H,29,30). The summed E-state index contributed by atoms with van der Waals surface area (Å²) in [7, 11) is 3.32. The third-order valence-corrected chi connectivity index (χ3v) is 5.93. The fourth-order valence-electron chi connectivity index (χ4n) is 3.88. The first-order chi connectivity index (χ1) is 15.7. The molecule has 1 aromatic heterocycles. The van der Waals surface area contributed by atoms with Gasteiger partial charge in [0, 0.05) is 22.1 Å². The molecule has 1 heterocycles. The largest absolute Gasteiger partial charge is 0.497 e. The lowest BCUT2D eigenvalue weighted by molar-refractivity contribution is 0.415. The summed E-state index contributed by atoms with van der Waals surface area (Å²) in [6, 6.07) is 27.9. The highest BCUT2D eigenvalue weighted by atomic mass is 35.5. The van der Waals surface area contributed by atoms with Crippen LogP contribution in [0.25, 0.3) is 44.7 Å². The zero-order chi connectivity index (χ0) is 22.1. The Morgan fingerprint density at radius 2 is 1.44 bits per heavy atom. The molecule has 4 aromatic carbocycles. The number of hydrogen-bond donors (Lipinski definition) is 1. The Morgan fingerprint density at radius 1 is 0.750 bits per heavy atom. The Morgan fingerprint density at radius 3 is 2.19 bits per heavy atom. The topological polar surface area (TPSA) is 47.1 Å². The van der Waals surface area contributed by atoms with Gasteiger partial charge < -0.3 is 14.5 Å². The zero-order valence-corrected chi connectivity index (χ0v) is 18.5. The van der Waals surface area contributed by atoms with E-state index in [9.17, 15) is 0 Å². The molecule has 0 unspecified atom stereocenters. The monoisotopic (exact) mass is 440 g/mol. The fraction of sp³-hybridized carbons (Fsp3) is 0.0741. The molecule has 4 nitrogen and oxygen atoms in total. The number of nitrogens with zero attached hydrogens (tertiary/aromatic N) is 1. The van der Waals surface area contributed by atoms with Crippen LogP contribution >= 0.6 is 11.6 Å². The minimum atomic E-state index is 0.672. The molecule has 0 atom stereocenters. The Bertz CT molecular complexity index is 1360. The Kier molecular flexibility index (Phi) is 5.29. The lowest BCUT2D eigenvalue weighted by Gasteiger charge is -2.07. The molecule has 1 N–H and O–H groups in total. The van der Waals surface area contributed by atoms with Gasteiger partial charge in [-0.15, -0.1) is 0 Å². The normalized spacial score (nSPS) is 11.0. The summed E-state index contributed by atoms with van der Waals surface area (Å²) >= 11 is 6.83. The van der Waals surface area contributed by atoms with Crippen molar-refractivity contribution >= 4 is 22.4 Å². The van der Waals surface area contributed by atoms with Gasteiger partial charge in [0.25, 0.3) is 0 Å². The third-order valence-electron chi connectivity index (χ3n) is 5.52. The molecule has 0 radical (unpaired) electrons. The number of imidazole rings is 1. The average Bonchev–Trinajstić information content (AvgIpc) is 3.30. The van der Waals surface area contributed by atoms with Gasteiger partial charge in [0.1, 0.15) is 17.3 Å². The predicted octanol–water partition coefficient (Wildman–Crippen LogP) is 7.23. The number of nitrogens with one attached hydrogen (secondary N) is 1. The van der Waals surface area contributed by atoms with E-state index in [1.807, 2.05) is 72.8 Å². The van der Waals surface area contributed by atoms with Gasteiger partial charge >= 0.3 is 0 Å². The van der Waals surface area contributed by atoms with E-state index in [1.165, 1.54) is 0 Å². The van der Waals surface area contributed by atoms with Gasteiger partial charge in [-0.3, -0.25) is 0 Å². The van der Waals surface area contributed by atoms with Crippen molar-refractivity contribution in [1.82, 2.24) is 9.97 Å². The Hall–Kier alpha value is -3.76.